The highest BCUT2D eigenvalue weighted by atomic mass is 15.0. The van der Waals surface area contributed by atoms with E-state index in [1.807, 2.05) is 0 Å². The van der Waals surface area contributed by atoms with Gasteiger partial charge in [-0.05, 0) is 24.1 Å². The van der Waals surface area contributed by atoms with Crippen LogP contribution in [-0.4, -0.2) is 16.5 Å². The van der Waals surface area contributed by atoms with Crippen LogP contribution in [0.4, 0.5) is 0 Å². The van der Waals surface area contributed by atoms with Gasteiger partial charge in [-0.3, -0.25) is 0 Å². The summed E-state index contributed by atoms with van der Waals surface area (Å²) < 4.78 is 0. The van der Waals surface area contributed by atoms with Crippen LogP contribution >= 0.6 is 0 Å². The molecule has 0 amide bonds. The molecule has 2 aromatic heterocycles. The summed E-state index contributed by atoms with van der Waals surface area (Å²) in [4.78, 5) is 7.04. The quantitative estimate of drug-likeness (QED) is 0.488. The van der Waals surface area contributed by atoms with Crippen molar-refractivity contribution in [3.8, 4) is 0 Å². The van der Waals surface area contributed by atoms with Crippen molar-refractivity contribution in [1.82, 2.24) is 15.3 Å². The predicted molar refractivity (Wildman–Crippen MR) is 90.1 cm³/mol. The number of fused-ring (bicyclic) bond motifs is 4. The van der Waals surface area contributed by atoms with Gasteiger partial charge in [0, 0.05) is 45.8 Å². The number of benzene rings is 2. The van der Waals surface area contributed by atoms with Crippen molar-refractivity contribution in [3.63, 3.8) is 0 Å². The lowest BCUT2D eigenvalue weighted by molar-refractivity contribution is 0.563. The first-order chi connectivity index (χ1) is 10.9. The lowest BCUT2D eigenvalue weighted by Crippen LogP contribution is -2.30. The molecule has 2 aromatic carbocycles. The molecule has 5 rings (SSSR count). The molecule has 4 aromatic rings. The zero-order valence-corrected chi connectivity index (χ0v) is 12.2. The molecule has 1 aliphatic rings. The summed E-state index contributed by atoms with van der Waals surface area (Å²) in [6.45, 7) is 1.01. The summed E-state index contributed by atoms with van der Waals surface area (Å²) in [5.41, 5.74) is 6.54. The van der Waals surface area contributed by atoms with Crippen molar-refractivity contribution in [3.05, 3.63) is 71.5 Å². The highest BCUT2D eigenvalue weighted by Gasteiger charge is 2.26. The summed E-state index contributed by atoms with van der Waals surface area (Å²) in [7, 11) is 0. The molecular weight excluding hydrogens is 270 g/mol. The number of aromatic amines is 2. The minimum Gasteiger partial charge on any atom is -0.361 e. The van der Waals surface area contributed by atoms with Gasteiger partial charge in [-0.15, -0.1) is 0 Å². The second-order valence-corrected chi connectivity index (χ2v) is 5.99. The molecule has 0 bridgehead atoms. The smallest absolute Gasteiger partial charge is 0.0753 e. The first kappa shape index (κ1) is 12.1. The Bertz CT molecular complexity index is 977. The third-order valence-corrected chi connectivity index (χ3v) is 4.79. The second kappa shape index (κ2) is 4.49. The van der Waals surface area contributed by atoms with Crippen molar-refractivity contribution in [2.45, 2.75) is 12.5 Å². The topological polar surface area (TPSA) is 43.6 Å². The fraction of sp³-hybridized carbons (Fsp3) is 0.158. The van der Waals surface area contributed by atoms with E-state index < -0.39 is 0 Å². The average molecular weight is 287 g/mol. The van der Waals surface area contributed by atoms with Gasteiger partial charge in [0.15, 0.2) is 0 Å². The van der Waals surface area contributed by atoms with E-state index in [1.165, 1.54) is 38.6 Å². The Hall–Kier alpha value is -2.52. The highest BCUT2D eigenvalue weighted by molar-refractivity contribution is 5.87. The number of rotatable bonds is 1. The minimum absolute atomic E-state index is 0.229. The number of hydrogen-bond acceptors (Lipinski definition) is 1. The summed E-state index contributed by atoms with van der Waals surface area (Å²) in [5, 5.41) is 6.34. The number of H-pyrrole nitrogens is 2. The summed E-state index contributed by atoms with van der Waals surface area (Å²) >= 11 is 0. The van der Waals surface area contributed by atoms with Gasteiger partial charge < -0.3 is 15.3 Å². The monoisotopic (exact) mass is 287 g/mol. The van der Waals surface area contributed by atoms with E-state index in [0.29, 0.717) is 0 Å². The Labute approximate surface area is 128 Å². The van der Waals surface area contributed by atoms with Crippen LogP contribution in [0.15, 0.2) is 54.7 Å². The Morgan fingerprint density at radius 2 is 1.64 bits per heavy atom. The highest BCUT2D eigenvalue weighted by Crippen LogP contribution is 2.35. The Kier molecular flexibility index (Phi) is 2.46. The normalized spacial score (nSPS) is 17.9. The van der Waals surface area contributed by atoms with E-state index in [4.69, 9.17) is 0 Å². The zero-order valence-electron chi connectivity index (χ0n) is 12.2. The fourth-order valence-electron chi connectivity index (χ4n) is 3.78. The van der Waals surface area contributed by atoms with Crippen molar-refractivity contribution in [2.24, 2.45) is 0 Å². The van der Waals surface area contributed by atoms with Crippen LogP contribution in [0, 0.1) is 0 Å². The first-order valence-corrected chi connectivity index (χ1v) is 7.81. The van der Waals surface area contributed by atoms with Crippen LogP contribution in [0.3, 0.4) is 0 Å². The van der Waals surface area contributed by atoms with E-state index >= 15 is 0 Å². The van der Waals surface area contributed by atoms with E-state index in [9.17, 15) is 0 Å². The maximum Gasteiger partial charge on any atom is 0.0753 e. The SMILES string of the molecule is c1ccc2c([C@H]3NCCc4c3[nH]c3ccccc43)c[nH]c2c1. The van der Waals surface area contributed by atoms with Crippen LogP contribution in [-0.2, 0) is 6.42 Å². The molecule has 3 nitrogen and oxygen atoms in total. The van der Waals surface area contributed by atoms with Crippen LogP contribution in [0.25, 0.3) is 21.8 Å². The number of para-hydroxylation sites is 2. The molecule has 1 atom stereocenters. The van der Waals surface area contributed by atoms with Gasteiger partial charge in [0.2, 0.25) is 0 Å². The summed E-state index contributed by atoms with van der Waals surface area (Å²) in [6, 6.07) is 17.3. The third-order valence-electron chi connectivity index (χ3n) is 4.79. The van der Waals surface area contributed by atoms with Gasteiger partial charge in [-0.2, -0.15) is 0 Å². The number of aromatic nitrogens is 2. The number of hydrogen-bond donors (Lipinski definition) is 3. The molecule has 22 heavy (non-hydrogen) atoms. The summed E-state index contributed by atoms with van der Waals surface area (Å²) in [6.07, 6.45) is 3.22. The van der Waals surface area contributed by atoms with Gasteiger partial charge in [-0.1, -0.05) is 36.4 Å². The van der Waals surface area contributed by atoms with E-state index in [0.717, 1.165) is 13.0 Å². The lowest BCUT2D eigenvalue weighted by atomic mass is 9.94. The molecule has 0 aliphatic carbocycles. The molecule has 0 spiro atoms. The van der Waals surface area contributed by atoms with E-state index in [1.54, 1.807) is 0 Å². The van der Waals surface area contributed by atoms with Gasteiger partial charge in [-0.25, -0.2) is 0 Å². The molecule has 0 fully saturated rings. The van der Waals surface area contributed by atoms with Crippen LogP contribution in [0.5, 0.6) is 0 Å². The predicted octanol–water partition coefficient (Wildman–Crippen LogP) is 3.88. The van der Waals surface area contributed by atoms with Crippen LogP contribution < -0.4 is 5.32 Å². The summed E-state index contributed by atoms with van der Waals surface area (Å²) in [5.74, 6) is 0. The van der Waals surface area contributed by atoms with E-state index in [-0.39, 0.29) is 6.04 Å². The van der Waals surface area contributed by atoms with Gasteiger partial charge in [0.25, 0.3) is 0 Å². The molecule has 0 saturated carbocycles. The lowest BCUT2D eigenvalue weighted by Gasteiger charge is -2.24. The molecule has 1 aliphatic heterocycles. The maximum absolute atomic E-state index is 3.68. The fourth-order valence-corrected chi connectivity index (χ4v) is 3.78. The molecule has 3 heteroatoms. The van der Waals surface area contributed by atoms with Crippen molar-refractivity contribution >= 4 is 21.8 Å². The van der Waals surface area contributed by atoms with Gasteiger partial charge in [0.1, 0.15) is 0 Å². The number of nitrogens with one attached hydrogen (secondary N) is 3. The van der Waals surface area contributed by atoms with E-state index in [2.05, 4.69) is 70.0 Å². The van der Waals surface area contributed by atoms with Crippen LogP contribution in [0.1, 0.15) is 22.9 Å². The third kappa shape index (κ3) is 1.60. The molecule has 3 N–H and O–H groups in total. The minimum atomic E-state index is 0.229. The molecule has 0 saturated heterocycles. The zero-order chi connectivity index (χ0) is 14.5. The maximum atomic E-state index is 3.68. The molecule has 3 heterocycles. The molecule has 0 radical (unpaired) electrons. The van der Waals surface area contributed by atoms with Crippen LogP contribution in [0.2, 0.25) is 0 Å². The second-order valence-electron chi connectivity index (χ2n) is 5.99. The van der Waals surface area contributed by atoms with Crippen molar-refractivity contribution < 1.29 is 0 Å². The standard InChI is InChI=1S/C19H17N3/c1-3-7-16-13(6-1)15(11-21-16)18-19-14(9-10-20-18)12-5-2-4-8-17(12)22-19/h1-8,11,18,20-22H,9-10H2/t18-/m1/s1. The van der Waals surface area contributed by atoms with Gasteiger partial charge >= 0.3 is 0 Å². The average Bonchev–Trinajstić information content (AvgIpc) is 3.16. The Morgan fingerprint density at radius 1 is 0.864 bits per heavy atom. The Balaban J connectivity index is 1.75. The Morgan fingerprint density at radius 3 is 2.55 bits per heavy atom. The van der Waals surface area contributed by atoms with Crippen molar-refractivity contribution in [2.75, 3.05) is 6.54 Å². The van der Waals surface area contributed by atoms with Gasteiger partial charge in [0.05, 0.1) is 6.04 Å². The van der Waals surface area contributed by atoms with Crippen molar-refractivity contribution in [1.29, 1.82) is 0 Å². The largest absolute Gasteiger partial charge is 0.361 e. The first-order valence-electron chi connectivity index (χ1n) is 7.81. The molecule has 108 valence electrons. The molecular formula is C19H17N3. The molecule has 0 unspecified atom stereocenters.